The van der Waals surface area contributed by atoms with Crippen LogP contribution in [0.1, 0.15) is 18.4 Å². The minimum Gasteiger partial charge on any atom is -0.380 e. The zero-order valence-corrected chi connectivity index (χ0v) is 13.3. The van der Waals surface area contributed by atoms with E-state index in [0.29, 0.717) is 6.54 Å². The van der Waals surface area contributed by atoms with E-state index in [4.69, 9.17) is 0 Å². The first-order valence-electron chi connectivity index (χ1n) is 7.73. The first kappa shape index (κ1) is 16.9. The molecule has 1 N–H and O–H groups in total. The molecule has 24 heavy (non-hydrogen) atoms. The summed E-state index contributed by atoms with van der Waals surface area (Å²) in [5.41, 5.74) is 0.105. The molecule has 2 aromatic rings. The molecule has 1 aliphatic rings. The van der Waals surface area contributed by atoms with Crippen LogP contribution in [-0.4, -0.2) is 49.6 Å². The Bertz CT molecular complexity index is 691. The van der Waals surface area contributed by atoms with E-state index >= 15 is 0 Å². The van der Waals surface area contributed by atoms with Crippen LogP contribution >= 0.6 is 0 Å². The average molecular weight is 340 g/mol. The first-order chi connectivity index (χ1) is 11.3. The lowest BCUT2D eigenvalue weighted by Gasteiger charge is -2.39. The minimum absolute atomic E-state index is 0.195. The topological polar surface area (TPSA) is 54.2 Å². The van der Waals surface area contributed by atoms with Crippen LogP contribution in [0.2, 0.25) is 0 Å². The molecule has 2 aromatic heterocycles. The Morgan fingerprint density at radius 1 is 1.21 bits per heavy atom. The van der Waals surface area contributed by atoms with Gasteiger partial charge in [-0.05, 0) is 25.0 Å². The molecule has 0 bridgehead atoms. The van der Waals surface area contributed by atoms with Gasteiger partial charge in [-0.3, -0.25) is 14.6 Å². The summed E-state index contributed by atoms with van der Waals surface area (Å²) in [5, 5.41) is 14.2. The third-order valence-corrected chi connectivity index (χ3v) is 4.46. The number of halogens is 3. The second kappa shape index (κ2) is 6.18. The second-order valence-corrected chi connectivity index (χ2v) is 6.22. The Hall–Kier alpha value is -1.93. The maximum absolute atomic E-state index is 12.9. The summed E-state index contributed by atoms with van der Waals surface area (Å²) in [5.74, 6) is 0. The third kappa shape index (κ3) is 3.29. The van der Waals surface area contributed by atoms with Crippen molar-refractivity contribution in [1.29, 1.82) is 0 Å². The Kier molecular flexibility index (Phi) is 4.35. The number of aryl methyl sites for hydroxylation is 1. The van der Waals surface area contributed by atoms with Crippen LogP contribution in [0.4, 0.5) is 13.2 Å². The maximum Gasteiger partial charge on any atom is 0.417 e. The van der Waals surface area contributed by atoms with Crippen LogP contribution < -0.4 is 0 Å². The number of aromatic nitrogens is 3. The van der Waals surface area contributed by atoms with E-state index in [1.807, 2.05) is 30.3 Å². The summed E-state index contributed by atoms with van der Waals surface area (Å²) in [6.45, 7) is 0.890. The number of alkyl halides is 3. The van der Waals surface area contributed by atoms with E-state index < -0.39 is 11.8 Å². The highest BCUT2D eigenvalue weighted by Crippen LogP contribution is 2.38. The molecule has 0 aliphatic carbocycles. The van der Waals surface area contributed by atoms with Gasteiger partial charge in [0, 0.05) is 56.4 Å². The third-order valence-electron chi connectivity index (χ3n) is 4.46. The van der Waals surface area contributed by atoms with Crippen molar-refractivity contribution in [2.75, 3.05) is 13.1 Å². The lowest BCUT2D eigenvalue weighted by atomic mass is 9.90. The fraction of sp³-hybridized carbons (Fsp3) is 0.500. The van der Waals surface area contributed by atoms with E-state index in [2.05, 4.69) is 10.1 Å². The van der Waals surface area contributed by atoms with Gasteiger partial charge < -0.3 is 5.11 Å². The quantitative estimate of drug-likeness (QED) is 0.932. The minimum atomic E-state index is -4.57. The number of likely N-dealkylation sites (tertiary alicyclic amines) is 1. The summed E-state index contributed by atoms with van der Waals surface area (Å²) >= 11 is 0. The molecule has 130 valence electrons. The van der Waals surface area contributed by atoms with Gasteiger partial charge in [-0.25, -0.2) is 0 Å². The van der Waals surface area contributed by atoms with E-state index in [9.17, 15) is 18.3 Å². The molecule has 8 heteroatoms. The van der Waals surface area contributed by atoms with Crippen molar-refractivity contribution >= 4 is 0 Å². The van der Waals surface area contributed by atoms with Crippen molar-refractivity contribution in [2.45, 2.75) is 31.2 Å². The molecular formula is C16H19F3N4O. The largest absolute Gasteiger partial charge is 0.417 e. The van der Waals surface area contributed by atoms with Crippen molar-refractivity contribution < 1.29 is 18.3 Å². The summed E-state index contributed by atoms with van der Waals surface area (Å²) in [6.07, 6.45) is 0.0505. The van der Waals surface area contributed by atoms with E-state index in [-0.39, 0.29) is 25.9 Å². The molecule has 1 saturated heterocycles. The molecule has 0 aromatic carbocycles. The Balaban J connectivity index is 1.73. The van der Waals surface area contributed by atoms with Gasteiger partial charge in [-0.1, -0.05) is 0 Å². The number of hydrogen-bond donors (Lipinski definition) is 1. The second-order valence-electron chi connectivity index (χ2n) is 6.22. The number of hydrogen-bond acceptors (Lipinski definition) is 4. The lowest BCUT2D eigenvalue weighted by Crippen LogP contribution is -2.53. The Morgan fingerprint density at radius 3 is 2.42 bits per heavy atom. The van der Waals surface area contributed by atoms with E-state index in [1.54, 1.807) is 17.1 Å². The SMILES string of the molecule is Cn1cc(CN2CCC(O)(C(F)(F)F)CC2)c(-c2ccncc2)n1. The number of pyridine rings is 1. The van der Waals surface area contributed by atoms with Gasteiger partial charge in [-0.2, -0.15) is 18.3 Å². The molecule has 1 fully saturated rings. The number of piperidine rings is 1. The summed E-state index contributed by atoms with van der Waals surface area (Å²) < 4.78 is 40.3. The number of aliphatic hydroxyl groups is 1. The van der Waals surface area contributed by atoms with Crippen LogP contribution in [0, 0.1) is 0 Å². The van der Waals surface area contributed by atoms with Gasteiger partial charge in [0.25, 0.3) is 0 Å². The van der Waals surface area contributed by atoms with Gasteiger partial charge in [0.05, 0.1) is 5.69 Å². The first-order valence-corrected chi connectivity index (χ1v) is 7.73. The molecule has 0 saturated carbocycles. The Labute approximate surface area is 137 Å². The fourth-order valence-corrected chi connectivity index (χ4v) is 3.01. The van der Waals surface area contributed by atoms with E-state index in [0.717, 1.165) is 16.8 Å². The van der Waals surface area contributed by atoms with Gasteiger partial charge in [-0.15, -0.1) is 0 Å². The molecule has 5 nitrogen and oxygen atoms in total. The van der Waals surface area contributed by atoms with Crippen LogP contribution in [0.15, 0.2) is 30.7 Å². The summed E-state index contributed by atoms with van der Waals surface area (Å²) in [6, 6.07) is 3.70. The molecule has 0 spiro atoms. The van der Waals surface area contributed by atoms with Crippen molar-refractivity contribution in [3.63, 3.8) is 0 Å². The molecule has 0 amide bonds. The number of rotatable bonds is 3. The molecule has 0 atom stereocenters. The van der Waals surface area contributed by atoms with Crippen molar-refractivity contribution in [3.8, 4) is 11.3 Å². The fourth-order valence-electron chi connectivity index (χ4n) is 3.01. The van der Waals surface area contributed by atoms with Gasteiger partial charge >= 0.3 is 6.18 Å². The lowest BCUT2D eigenvalue weighted by molar-refractivity contribution is -0.272. The molecule has 0 radical (unpaired) electrons. The highest BCUT2D eigenvalue weighted by molar-refractivity contribution is 5.61. The monoisotopic (exact) mass is 340 g/mol. The van der Waals surface area contributed by atoms with Gasteiger partial charge in [0.1, 0.15) is 0 Å². The molecule has 3 heterocycles. The van der Waals surface area contributed by atoms with Gasteiger partial charge in [0.15, 0.2) is 5.60 Å². The Morgan fingerprint density at radius 2 is 1.83 bits per heavy atom. The summed E-state index contributed by atoms with van der Waals surface area (Å²) in [4.78, 5) is 5.90. The zero-order chi connectivity index (χ0) is 17.4. The highest BCUT2D eigenvalue weighted by atomic mass is 19.4. The van der Waals surface area contributed by atoms with Crippen LogP contribution in [0.25, 0.3) is 11.3 Å². The van der Waals surface area contributed by atoms with Crippen molar-refractivity contribution in [2.24, 2.45) is 7.05 Å². The molecule has 1 aliphatic heterocycles. The highest BCUT2D eigenvalue weighted by Gasteiger charge is 2.54. The predicted molar refractivity (Wildman–Crippen MR) is 82.0 cm³/mol. The standard InChI is InChI=1S/C16H19F3N4O/c1-22-10-13(14(21-22)12-2-6-20-7-3-12)11-23-8-4-15(24,5-9-23)16(17,18)19/h2-3,6-7,10,24H,4-5,8-9,11H2,1H3. The molecular weight excluding hydrogens is 321 g/mol. The van der Waals surface area contributed by atoms with E-state index in [1.165, 1.54) is 0 Å². The van der Waals surface area contributed by atoms with Crippen molar-refractivity contribution in [3.05, 3.63) is 36.3 Å². The average Bonchev–Trinajstić information content (AvgIpc) is 2.90. The smallest absolute Gasteiger partial charge is 0.380 e. The zero-order valence-electron chi connectivity index (χ0n) is 13.3. The molecule has 3 rings (SSSR count). The normalized spacial score (nSPS) is 18.7. The van der Waals surface area contributed by atoms with Crippen LogP contribution in [0.3, 0.4) is 0 Å². The van der Waals surface area contributed by atoms with Crippen molar-refractivity contribution in [1.82, 2.24) is 19.7 Å². The molecule has 0 unspecified atom stereocenters. The number of nitrogens with zero attached hydrogens (tertiary/aromatic N) is 4. The maximum atomic E-state index is 12.9. The van der Waals surface area contributed by atoms with Crippen LogP contribution in [0.5, 0.6) is 0 Å². The van der Waals surface area contributed by atoms with Gasteiger partial charge in [0.2, 0.25) is 0 Å². The predicted octanol–water partition coefficient (Wildman–Crippen LogP) is 2.37. The summed E-state index contributed by atoms with van der Waals surface area (Å²) in [7, 11) is 1.81. The van der Waals surface area contributed by atoms with Crippen LogP contribution in [-0.2, 0) is 13.6 Å².